The van der Waals surface area contributed by atoms with Crippen molar-refractivity contribution in [2.75, 3.05) is 6.54 Å². The third kappa shape index (κ3) is 3.56. The largest absolute Gasteiger partial charge is 0.487 e. The van der Waals surface area contributed by atoms with Crippen molar-refractivity contribution in [2.24, 2.45) is 0 Å². The van der Waals surface area contributed by atoms with Crippen molar-refractivity contribution in [3.05, 3.63) is 83.4 Å². The Morgan fingerprint density at radius 3 is 2.63 bits per heavy atom. The molecule has 0 spiro atoms. The fraction of sp³-hybridized carbons (Fsp3) is 0.238. The minimum atomic E-state index is -0.348. The Labute approximate surface area is 157 Å². The Balaban J connectivity index is 1.48. The fourth-order valence-corrected chi connectivity index (χ4v) is 3.34. The van der Waals surface area contributed by atoms with E-state index in [0.29, 0.717) is 25.3 Å². The minimum Gasteiger partial charge on any atom is -0.487 e. The summed E-state index contributed by atoms with van der Waals surface area (Å²) in [5.41, 5.74) is 2.30. The molecular formula is C21H20FN3O2. The average molecular weight is 365 g/mol. The van der Waals surface area contributed by atoms with Crippen LogP contribution in [0.5, 0.6) is 5.75 Å². The smallest absolute Gasteiger partial charge is 0.254 e. The summed E-state index contributed by atoms with van der Waals surface area (Å²) in [5.74, 6) is 0.348. The quantitative estimate of drug-likeness (QED) is 0.706. The van der Waals surface area contributed by atoms with Gasteiger partial charge in [-0.1, -0.05) is 18.2 Å². The van der Waals surface area contributed by atoms with Gasteiger partial charge in [0.05, 0.1) is 18.3 Å². The van der Waals surface area contributed by atoms with Crippen molar-refractivity contribution in [3.8, 4) is 5.75 Å². The van der Waals surface area contributed by atoms with E-state index in [9.17, 15) is 9.18 Å². The highest BCUT2D eigenvalue weighted by Crippen LogP contribution is 2.27. The van der Waals surface area contributed by atoms with Gasteiger partial charge >= 0.3 is 0 Å². The molecule has 0 radical (unpaired) electrons. The topological polar surface area (TPSA) is 47.4 Å². The molecule has 0 bridgehead atoms. The highest BCUT2D eigenvalue weighted by atomic mass is 19.1. The number of aromatic nitrogens is 2. The summed E-state index contributed by atoms with van der Waals surface area (Å²) in [7, 11) is 0. The summed E-state index contributed by atoms with van der Waals surface area (Å²) in [6, 6.07) is 17.1. The highest BCUT2D eigenvalue weighted by molar-refractivity contribution is 5.94. The number of amides is 1. The Hall–Kier alpha value is -3.15. The monoisotopic (exact) mass is 365 g/mol. The van der Waals surface area contributed by atoms with Gasteiger partial charge in [-0.3, -0.25) is 9.48 Å². The number of para-hydroxylation sites is 1. The van der Waals surface area contributed by atoms with Gasteiger partial charge in [0.1, 0.15) is 23.9 Å². The van der Waals surface area contributed by atoms with Crippen molar-refractivity contribution in [1.29, 1.82) is 0 Å². The lowest BCUT2D eigenvalue weighted by atomic mass is 10.1. The van der Waals surface area contributed by atoms with Crippen molar-refractivity contribution < 1.29 is 13.9 Å². The van der Waals surface area contributed by atoms with Gasteiger partial charge in [0, 0.05) is 12.1 Å². The number of carbonyl (C=O) groups is 1. The molecule has 1 aliphatic heterocycles. The molecule has 1 atom stereocenters. The maximum atomic E-state index is 13.1. The standard InChI is InChI=1S/C21H20FN3O2/c1-15-20-13-18(14-27-19-5-3-2-4-6-19)23-25(20)12-11-24(15)21(26)16-7-9-17(22)10-8-16/h2-10,13,15H,11-12,14H2,1H3. The Morgan fingerprint density at radius 1 is 1.15 bits per heavy atom. The van der Waals surface area contributed by atoms with Crippen LogP contribution in [0.4, 0.5) is 4.39 Å². The van der Waals surface area contributed by atoms with Gasteiger partial charge in [-0.25, -0.2) is 4.39 Å². The first-order chi connectivity index (χ1) is 13.1. The molecular weight excluding hydrogens is 345 g/mol. The van der Waals surface area contributed by atoms with E-state index in [2.05, 4.69) is 5.10 Å². The summed E-state index contributed by atoms with van der Waals surface area (Å²) >= 11 is 0. The van der Waals surface area contributed by atoms with Gasteiger partial charge in [-0.05, 0) is 49.4 Å². The molecule has 5 nitrogen and oxygen atoms in total. The van der Waals surface area contributed by atoms with Gasteiger partial charge in [0.25, 0.3) is 5.91 Å². The first kappa shape index (κ1) is 17.3. The highest BCUT2D eigenvalue weighted by Gasteiger charge is 2.29. The van der Waals surface area contributed by atoms with Crippen LogP contribution in [0.25, 0.3) is 0 Å². The third-order valence-electron chi connectivity index (χ3n) is 4.79. The molecule has 0 aliphatic carbocycles. The normalized spacial score (nSPS) is 16.1. The van der Waals surface area contributed by atoms with Crippen LogP contribution in [0.3, 0.4) is 0 Å². The number of fused-ring (bicyclic) bond motifs is 1. The van der Waals surface area contributed by atoms with E-state index in [1.165, 1.54) is 24.3 Å². The van der Waals surface area contributed by atoms with Gasteiger partial charge < -0.3 is 9.64 Å². The predicted molar refractivity (Wildman–Crippen MR) is 98.9 cm³/mol. The summed E-state index contributed by atoms with van der Waals surface area (Å²) in [6.07, 6.45) is 0. The van der Waals surface area contributed by atoms with Crippen molar-refractivity contribution in [2.45, 2.75) is 26.1 Å². The van der Waals surface area contributed by atoms with E-state index in [4.69, 9.17) is 4.74 Å². The molecule has 2 heterocycles. The van der Waals surface area contributed by atoms with Gasteiger partial charge in [0.2, 0.25) is 0 Å². The molecule has 0 fully saturated rings. The number of benzene rings is 2. The van der Waals surface area contributed by atoms with Crippen LogP contribution in [-0.2, 0) is 13.2 Å². The van der Waals surface area contributed by atoms with Crippen LogP contribution in [0.15, 0.2) is 60.7 Å². The number of halogens is 1. The predicted octanol–water partition coefficient (Wildman–Crippen LogP) is 3.82. The summed E-state index contributed by atoms with van der Waals surface area (Å²) < 4.78 is 20.8. The second kappa shape index (κ2) is 7.23. The number of rotatable bonds is 4. The van der Waals surface area contributed by atoms with E-state index in [0.717, 1.165) is 17.1 Å². The molecule has 4 rings (SSSR count). The maximum Gasteiger partial charge on any atom is 0.254 e. The molecule has 27 heavy (non-hydrogen) atoms. The van der Waals surface area contributed by atoms with Crippen LogP contribution in [0, 0.1) is 5.82 Å². The molecule has 2 aromatic carbocycles. The molecule has 0 saturated carbocycles. The summed E-state index contributed by atoms with van der Waals surface area (Å²) in [6.45, 7) is 3.54. The van der Waals surface area contributed by atoms with E-state index in [-0.39, 0.29) is 17.8 Å². The molecule has 1 aliphatic rings. The molecule has 1 aromatic heterocycles. The molecule has 0 N–H and O–H groups in total. The van der Waals surface area contributed by atoms with Crippen LogP contribution in [-0.4, -0.2) is 27.1 Å². The van der Waals surface area contributed by atoms with E-state index in [1.54, 1.807) is 4.90 Å². The van der Waals surface area contributed by atoms with Gasteiger partial charge in [-0.15, -0.1) is 0 Å². The van der Waals surface area contributed by atoms with Crippen LogP contribution >= 0.6 is 0 Å². The lowest BCUT2D eigenvalue weighted by molar-refractivity contribution is 0.0636. The Morgan fingerprint density at radius 2 is 1.89 bits per heavy atom. The van der Waals surface area contributed by atoms with E-state index in [1.807, 2.05) is 48.0 Å². The first-order valence-corrected chi connectivity index (χ1v) is 8.93. The molecule has 1 unspecified atom stereocenters. The van der Waals surface area contributed by atoms with Gasteiger partial charge in [0.15, 0.2) is 0 Å². The lowest BCUT2D eigenvalue weighted by Gasteiger charge is -2.34. The number of nitrogens with zero attached hydrogens (tertiary/aromatic N) is 3. The zero-order valence-electron chi connectivity index (χ0n) is 15.0. The maximum absolute atomic E-state index is 13.1. The van der Waals surface area contributed by atoms with Crippen molar-refractivity contribution in [1.82, 2.24) is 14.7 Å². The average Bonchev–Trinajstić information content (AvgIpc) is 3.12. The summed E-state index contributed by atoms with van der Waals surface area (Å²) in [4.78, 5) is 14.6. The number of ether oxygens (including phenoxy) is 1. The first-order valence-electron chi connectivity index (χ1n) is 8.93. The number of carbonyl (C=O) groups excluding carboxylic acids is 1. The zero-order chi connectivity index (χ0) is 18.8. The van der Waals surface area contributed by atoms with Crippen molar-refractivity contribution >= 4 is 5.91 Å². The van der Waals surface area contributed by atoms with E-state index >= 15 is 0 Å². The fourth-order valence-electron chi connectivity index (χ4n) is 3.34. The zero-order valence-corrected chi connectivity index (χ0v) is 15.0. The SMILES string of the molecule is CC1c2cc(COc3ccccc3)nn2CCN1C(=O)c1ccc(F)cc1. The molecule has 1 amide bonds. The second-order valence-electron chi connectivity index (χ2n) is 6.57. The minimum absolute atomic E-state index is 0.1000. The molecule has 0 saturated heterocycles. The summed E-state index contributed by atoms with van der Waals surface area (Å²) in [5, 5.41) is 4.60. The van der Waals surface area contributed by atoms with Crippen LogP contribution < -0.4 is 4.74 Å². The number of hydrogen-bond donors (Lipinski definition) is 0. The van der Waals surface area contributed by atoms with Crippen molar-refractivity contribution in [3.63, 3.8) is 0 Å². The Kier molecular flexibility index (Phi) is 4.62. The van der Waals surface area contributed by atoms with E-state index < -0.39 is 0 Å². The third-order valence-corrected chi connectivity index (χ3v) is 4.79. The van der Waals surface area contributed by atoms with Gasteiger partial charge in [-0.2, -0.15) is 5.10 Å². The molecule has 6 heteroatoms. The second-order valence-corrected chi connectivity index (χ2v) is 6.57. The molecule has 3 aromatic rings. The van der Waals surface area contributed by atoms with Crippen LogP contribution in [0.2, 0.25) is 0 Å². The Bertz CT molecular complexity index is 938. The lowest BCUT2D eigenvalue weighted by Crippen LogP contribution is -2.41. The van der Waals surface area contributed by atoms with Crippen LogP contribution in [0.1, 0.15) is 34.7 Å². The molecule has 138 valence electrons. The number of hydrogen-bond acceptors (Lipinski definition) is 3.